The molecule has 0 aliphatic heterocycles. The number of sulfonamides is 1. The fourth-order valence-electron chi connectivity index (χ4n) is 2.37. The van der Waals surface area contributed by atoms with E-state index in [0.29, 0.717) is 24.5 Å². The van der Waals surface area contributed by atoms with E-state index < -0.39 is 10.0 Å². The number of aromatic nitrogens is 4. The van der Waals surface area contributed by atoms with Crippen molar-refractivity contribution in [1.82, 2.24) is 24.5 Å². The second-order valence-electron chi connectivity index (χ2n) is 6.02. The van der Waals surface area contributed by atoms with Gasteiger partial charge in [0.1, 0.15) is 18.7 Å². The third-order valence-electron chi connectivity index (χ3n) is 3.99. The van der Waals surface area contributed by atoms with Gasteiger partial charge in [-0.1, -0.05) is 6.07 Å². The highest BCUT2D eigenvalue weighted by Crippen LogP contribution is 2.17. The van der Waals surface area contributed by atoms with E-state index in [1.165, 1.54) is 18.5 Å². The number of pyridine rings is 1. The van der Waals surface area contributed by atoms with Gasteiger partial charge in [0, 0.05) is 25.5 Å². The highest BCUT2D eigenvalue weighted by Gasteiger charge is 2.13. The second-order valence-corrected chi connectivity index (χ2v) is 7.78. The molecule has 27 heavy (non-hydrogen) atoms. The van der Waals surface area contributed by atoms with E-state index in [9.17, 15) is 8.42 Å². The molecule has 0 aliphatic rings. The lowest BCUT2D eigenvalue weighted by Crippen LogP contribution is -2.26. The lowest BCUT2D eigenvalue weighted by Gasteiger charge is -2.09. The van der Waals surface area contributed by atoms with Crippen molar-refractivity contribution in [2.75, 3.05) is 6.54 Å². The van der Waals surface area contributed by atoms with Crippen LogP contribution in [0.15, 0.2) is 53.8 Å². The Kier molecular flexibility index (Phi) is 5.82. The zero-order valence-electron chi connectivity index (χ0n) is 15.2. The van der Waals surface area contributed by atoms with Crippen LogP contribution >= 0.6 is 0 Å². The van der Waals surface area contributed by atoms with Crippen LogP contribution in [0.2, 0.25) is 0 Å². The number of hydrogen-bond acceptors (Lipinski definition) is 6. The van der Waals surface area contributed by atoms with Crippen LogP contribution in [0.25, 0.3) is 0 Å². The van der Waals surface area contributed by atoms with E-state index in [0.717, 1.165) is 11.3 Å². The van der Waals surface area contributed by atoms with Gasteiger partial charge < -0.3 is 4.74 Å². The molecule has 2 heterocycles. The maximum Gasteiger partial charge on any atom is 0.240 e. The first-order chi connectivity index (χ1) is 12.9. The van der Waals surface area contributed by atoms with Crippen LogP contribution in [0.3, 0.4) is 0 Å². The molecule has 0 amide bonds. The summed E-state index contributed by atoms with van der Waals surface area (Å²) in [6.45, 7) is 2.47. The van der Waals surface area contributed by atoms with E-state index in [1.807, 2.05) is 19.1 Å². The van der Waals surface area contributed by atoms with Gasteiger partial charge in [0.2, 0.25) is 10.0 Å². The van der Waals surface area contributed by atoms with Gasteiger partial charge in [-0.3, -0.25) is 9.67 Å². The molecule has 3 aromatic rings. The lowest BCUT2D eigenvalue weighted by atomic mass is 10.2. The summed E-state index contributed by atoms with van der Waals surface area (Å²) in [5, 5.41) is 3.96. The fraction of sp³-hybridized carbons (Fsp3) is 0.278. The van der Waals surface area contributed by atoms with Crippen molar-refractivity contribution >= 4 is 10.0 Å². The summed E-state index contributed by atoms with van der Waals surface area (Å²) in [7, 11) is -1.80. The number of nitrogens with zero attached hydrogens (tertiary/aromatic N) is 4. The minimum atomic E-state index is -3.57. The van der Waals surface area contributed by atoms with Crippen molar-refractivity contribution in [3.63, 3.8) is 0 Å². The summed E-state index contributed by atoms with van der Waals surface area (Å²) < 4.78 is 34.6. The van der Waals surface area contributed by atoms with Crippen LogP contribution in [0, 0.1) is 6.92 Å². The molecule has 0 unspecified atom stereocenters. The van der Waals surface area contributed by atoms with Crippen LogP contribution < -0.4 is 9.46 Å². The molecular weight excluding hydrogens is 366 g/mol. The average Bonchev–Trinajstić information content (AvgIpc) is 3.07. The topological polar surface area (TPSA) is 99.0 Å². The van der Waals surface area contributed by atoms with Crippen LogP contribution in [0.4, 0.5) is 0 Å². The highest BCUT2D eigenvalue weighted by molar-refractivity contribution is 7.89. The monoisotopic (exact) mass is 387 g/mol. The summed E-state index contributed by atoms with van der Waals surface area (Å²) in [4.78, 5) is 8.46. The number of aryl methyl sites for hydroxylation is 2. The zero-order chi connectivity index (χ0) is 19.3. The number of nitrogens with one attached hydrogen (secondary N) is 1. The van der Waals surface area contributed by atoms with E-state index >= 15 is 0 Å². The van der Waals surface area contributed by atoms with Gasteiger partial charge in [0.15, 0.2) is 5.82 Å². The predicted octanol–water partition coefficient (Wildman–Crippen LogP) is 1.62. The summed E-state index contributed by atoms with van der Waals surface area (Å²) >= 11 is 0. The number of benzene rings is 1. The summed E-state index contributed by atoms with van der Waals surface area (Å²) in [6.07, 6.45) is 3.78. The molecule has 0 atom stereocenters. The number of hydrogen-bond donors (Lipinski definition) is 1. The Balaban J connectivity index is 1.54. The minimum Gasteiger partial charge on any atom is -0.486 e. The van der Waals surface area contributed by atoms with Crippen molar-refractivity contribution in [3.8, 4) is 5.75 Å². The fourth-order valence-corrected chi connectivity index (χ4v) is 3.40. The Morgan fingerprint density at radius 2 is 1.89 bits per heavy atom. The first kappa shape index (κ1) is 19.0. The maximum atomic E-state index is 12.4. The SMILES string of the molecule is Cc1ccc(CCNS(=O)(=O)c2ccc(OCc3ncnn3C)cc2)cn1. The largest absolute Gasteiger partial charge is 0.486 e. The Labute approximate surface area is 158 Å². The molecule has 9 heteroatoms. The van der Waals surface area contributed by atoms with Crippen LogP contribution in [0.1, 0.15) is 17.1 Å². The Bertz CT molecular complexity index is 983. The molecule has 0 aliphatic carbocycles. The maximum absolute atomic E-state index is 12.4. The van der Waals surface area contributed by atoms with Gasteiger partial charge in [-0.05, 0) is 49.2 Å². The van der Waals surface area contributed by atoms with Crippen molar-refractivity contribution in [3.05, 3.63) is 66.0 Å². The molecular formula is C18H21N5O3S. The van der Waals surface area contributed by atoms with Gasteiger partial charge in [0.25, 0.3) is 0 Å². The molecule has 0 saturated carbocycles. The standard InChI is InChI=1S/C18H21N5O3S/c1-14-3-4-15(11-19-14)9-10-22-27(24,25)17-7-5-16(6-8-17)26-12-18-20-13-21-23(18)2/h3-8,11,13,22H,9-10,12H2,1-2H3. The molecule has 142 valence electrons. The zero-order valence-corrected chi connectivity index (χ0v) is 16.0. The molecule has 0 saturated heterocycles. The average molecular weight is 387 g/mol. The van der Waals surface area contributed by atoms with Gasteiger partial charge in [-0.25, -0.2) is 18.1 Å². The van der Waals surface area contributed by atoms with Crippen molar-refractivity contribution < 1.29 is 13.2 Å². The van der Waals surface area contributed by atoms with Crippen LogP contribution in [0.5, 0.6) is 5.75 Å². The Hall–Kier alpha value is -2.78. The molecule has 0 bridgehead atoms. The smallest absolute Gasteiger partial charge is 0.240 e. The molecule has 0 radical (unpaired) electrons. The first-order valence-corrected chi connectivity index (χ1v) is 9.89. The van der Waals surface area contributed by atoms with Crippen molar-refractivity contribution in [2.24, 2.45) is 7.05 Å². The number of rotatable bonds is 8. The quantitative estimate of drug-likeness (QED) is 0.631. The lowest BCUT2D eigenvalue weighted by molar-refractivity contribution is 0.289. The predicted molar refractivity (Wildman–Crippen MR) is 99.6 cm³/mol. The molecule has 0 fully saturated rings. The van der Waals surface area contributed by atoms with E-state index in [4.69, 9.17) is 4.74 Å². The first-order valence-electron chi connectivity index (χ1n) is 8.41. The molecule has 0 spiro atoms. The van der Waals surface area contributed by atoms with E-state index in [1.54, 1.807) is 30.1 Å². The Morgan fingerprint density at radius 1 is 1.11 bits per heavy atom. The molecule has 2 aromatic heterocycles. The summed E-state index contributed by atoms with van der Waals surface area (Å²) in [5.74, 6) is 1.24. The van der Waals surface area contributed by atoms with Gasteiger partial charge in [-0.2, -0.15) is 5.10 Å². The van der Waals surface area contributed by atoms with Gasteiger partial charge >= 0.3 is 0 Å². The molecule has 3 rings (SSSR count). The van der Waals surface area contributed by atoms with Crippen LogP contribution in [-0.4, -0.2) is 34.7 Å². The Morgan fingerprint density at radius 3 is 2.52 bits per heavy atom. The molecule has 1 aromatic carbocycles. The van der Waals surface area contributed by atoms with Crippen LogP contribution in [-0.2, 0) is 30.1 Å². The van der Waals surface area contributed by atoms with E-state index in [2.05, 4.69) is 19.8 Å². The highest BCUT2D eigenvalue weighted by atomic mass is 32.2. The summed E-state index contributed by atoms with van der Waals surface area (Å²) in [6, 6.07) is 10.1. The third kappa shape index (κ3) is 5.11. The van der Waals surface area contributed by atoms with Crippen molar-refractivity contribution in [1.29, 1.82) is 0 Å². The second kappa shape index (κ2) is 8.28. The van der Waals surface area contributed by atoms with E-state index in [-0.39, 0.29) is 11.5 Å². The normalized spacial score (nSPS) is 11.5. The molecule has 1 N–H and O–H groups in total. The molecule has 8 nitrogen and oxygen atoms in total. The van der Waals surface area contributed by atoms with Gasteiger partial charge in [-0.15, -0.1) is 0 Å². The minimum absolute atomic E-state index is 0.190. The third-order valence-corrected chi connectivity index (χ3v) is 5.46. The summed E-state index contributed by atoms with van der Waals surface area (Å²) in [5.41, 5.74) is 1.91. The number of ether oxygens (including phenoxy) is 1. The van der Waals surface area contributed by atoms with Gasteiger partial charge in [0.05, 0.1) is 4.90 Å². The van der Waals surface area contributed by atoms with Crippen molar-refractivity contribution in [2.45, 2.75) is 24.8 Å².